The first-order valence-corrected chi connectivity index (χ1v) is 5.17. The van der Waals surface area contributed by atoms with Crippen molar-refractivity contribution < 1.29 is 4.74 Å². The van der Waals surface area contributed by atoms with E-state index in [-0.39, 0.29) is 6.04 Å². The fraction of sp³-hybridized carbons (Fsp3) is 0.667. The van der Waals surface area contributed by atoms with Crippen molar-refractivity contribution in [1.29, 1.82) is 0 Å². The Morgan fingerprint density at radius 1 is 1.62 bits per heavy atom. The summed E-state index contributed by atoms with van der Waals surface area (Å²) in [5, 5.41) is 1.11. The van der Waals surface area contributed by atoms with Crippen molar-refractivity contribution in [2.75, 3.05) is 13.7 Å². The highest BCUT2D eigenvalue weighted by Crippen LogP contribution is 2.24. The van der Waals surface area contributed by atoms with E-state index >= 15 is 0 Å². The van der Waals surface area contributed by atoms with Crippen LogP contribution in [-0.2, 0) is 4.74 Å². The predicted molar refractivity (Wildman–Crippen MR) is 55.0 cm³/mol. The van der Waals surface area contributed by atoms with Gasteiger partial charge in [0.2, 0.25) is 0 Å². The second-order valence-electron chi connectivity index (χ2n) is 3.25. The van der Waals surface area contributed by atoms with Crippen LogP contribution < -0.4 is 5.73 Å². The molecule has 0 aliphatic carbocycles. The summed E-state index contributed by atoms with van der Waals surface area (Å²) in [6.45, 7) is 4.79. The number of nitrogens with zero attached hydrogens (tertiary/aromatic N) is 1. The van der Waals surface area contributed by atoms with Gasteiger partial charge in [0.25, 0.3) is 0 Å². The maximum Gasteiger partial charge on any atom is 0.0979 e. The van der Waals surface area contributed by atoms with Crippen LogP contribution in [0.4, 0.5) is 0 Å². The average molecular weight is 200 g/mol. The predicted octanol–water partition coefficient (Wildman–Crippen LogP) is 1.91. The van der Waals surface area contributed by atoms with Crippen molar-refractivity contribution in [1.82, 2.24) is 4.98 Å². The van der Waals surface area contributed by atoms with Gasteiger partial charge in [-0.25, -0.2) is 4.98 Å². The maximum absolute atomic E-state index is 5.74. The summed E-state index contributed by atoms with van der Waals surface area (Å²) in [7, 11) is 1.70. The molecule has 0 amide bonds. The SMILES string of the molecule is COCC(C)c1ncc(C(C)N)s1. The zero-order chi connectivity index (χ0) is 9.84. The highest BCUT2D eigenvalue weighted by molar-refractivity contribution is 7.11. The minimum absolute atomic E-state index is 0.0843. The van der Waals surface area contributed by atoms with E-state index in [1.54, 1.807) is 18.4 Å². The van der Waals surface area contributed by atoms with E-state index in [4.69, 9.17) is 10.5 Å². The molecule has 1 aromatic heterocycles. The molecule has 2 N–H and O–H groups in total. The fourth-order valence-electron chi connectivity index (χ4n) is 1.06. The highest BCUT2D eigenvalue weighted by atomic mass is 32.1. The Morgan fingerprint density at radius 3 is 2.77 bits per heavy atom. The molecule has 1 heterocycles. The Morgan fingerprint density at radius 2 is 2.31 bits per heavy atom. The first-order chi connectivity index (χ1) is 6.15. The van der Waals surface area contributed by atoms with Gasteiger partial charge in [0.15, 0.2) is 0 Å². The van der Waals surface area contributed by atoms with Gasteiger partial charge in [-0.1, -0.05) is 6.92 Å². The fourth-order valence-corrected chi connectivity index (χ4v) is 1.97. The summed E-state index contributed by atoms with van der Waals surface area (Å²) in [5.74, 6) is 0.363. The molecule has 1 rings (SSSR count). The van der Waals surface area contributed by atoms with Crippen LogP contribution in [0, 0.1) is 0 Å². The number of hydrogen-bond donors (Lipinski definition) is 1. The molecular weight excluding hydrogens is 184 g/mol. The van der Waals surface area contributed by atoms with Crippen LogP contribution in [0.3, 0.4) is 0 Å². The van der Waals surface area contributed by atoms with Gasteiger partial charge in [-0.3, -0.25) is 0 Å². The number of ether oxygens (including phenoxy) is 1. The van der Waals surface area contributed by atoms with Crippen molar-refractivity contribution in [3.05, 3.63) is 16.1 Å². The van der Waals surface area contributed by atoms with Crippen molar-refractivity contribution in [3.63, 3.8) is 0 Å². The number of thiazole rings is 1. The molecule has 2 atom stereocenters. The van der Waals surface area contributed by atoms with Crippen molar-refractivity contribution in [2.24, 2.45) is 5.73 Å². The zero-order valence-corrected chi connectivity index (χ0v) is 9.10. The van der Waals surface area contributed by atoms with Crippen molar-refractivity contribution >= 4 is 11.3 Å². The standard InChI is InChI=1S/C9H16N2OS/c1-6(5-12-3)9-11-4-8(13-9)7(2)10/h4,6-7H,5,10H2,1-3H3. The minimum Gasteiger partial charge on any atom is -0.384 e. The van der Waals surface area contributed by atoms with Gasteiger partial charge in [0.1, 0.15) is 0 Å². The molecule has 0 radical (unpaired) electrons. The summed E-state index contributed by atoms with van der Waals surface area (Å²) in [6.07, 6.45) is 1.86. The Hall–Kier alpha value is -0.450. The number of aromatic nitrogens is 1. The lowest BCUT2D eigenvalue weighted by molar-refractivity contribution is 0.184. The van der Waals surface area contributed by atoms with E-state index in [1.807, 2.05) is 13.1 Å². The average Bonchev–Trinajstić information content (AvgIpc) is 2.52. The van der Waals surface area contributed by atoms with Crippen molar-refractivity contribution in [2.45, 2.75) is 25.8 Å². The topological polar surface area (TPSA) is 48.1 Å². The Balaban J connectivity index is 2.67. The first kappa shape index (κ1) is 10.6. The molecule has 0 saturated heterocycles. The first-order valence-electron chi connectivity index (χ1n) is 4.35. The van der Waals surface area contributed by atoms with Gasteiger partial charge in [-0.05, 0) is 6.92 Å². The van der Waals surface area contributed by atoms with Crippen LogP contribution >= 0.6 is 11.3 Å². The second kappa shape index (κ2) is 4.69. The van der Waals surface area contributed by atoms with Crippen LogP contribution in [0.25, 0.3) is 0 Å². The number of methoxy groups -OCH3 is 1. The Labute approximate surface area is 82.9 Å². The van der Waals surface area contributed by atoms with Crippen LogP contribution in [0.5, 0.6) is 0 Å². The molecule has 4 heteroatoms. The summed E-state index contributed by atoms with van der Waals surface area (Å²) in [6, 6.07) is 0.0843. The number of nitrogens with two attached hydrogens (primary N) is 1. The third kappa shape index (κ3) is 2.76. The normalized spacial score (nSPS) is 15.7. The van der Waals surface area contributed by atoms with E-state index in [1.165, 1.54) is 0 Å². The van der Waals surface area contributed by atoms with Gasteiger partial charge in [-0.2, -0.15) is 0 Å². The van der Waals surface area contributed by atoms with Crippen molar-refractivity contribution in [3.8, 4) is 0 Å². The van der Waals surface area contributed by atoms with Crippen LogP contribution in [0.2, 0.25) is 0 Å². The zero-order valence-electron chi connectivity index (χ0n) is 8.28. The third-order valence-corrected chi connectivity index (χ3v) is 3.26. The van der Waals surface area contributed by atoms with Crippen LogP contribution in [-0.4, -0.2) is 18.7 Å². The molecule has 1 aromatic rings. The minimum atomic E-state index is 0.0843. The lowest BCUT2D eigenvalue weighted by atomic mass is 10.2. The largest absolute Gasteiger partial charge is 0.384 e. The Bertz CT molecular complexity index is 260. The molecule has 0 aliphatic rings. The molecule has 13 heavy (non-hydrogen) atoms. The van der Waals surface area contributed by atoms with Gasteiger partial charge in [0.05, 0.1) is 11.6 Å². The molecule has 3 nitrogen and oxygen atoms in total. The summed E-state index contributed by atoms with van der Waals surface area (Å²) in [5.41, 5.74) is 5.74. The van der Waals surface area contributed by atoms with E-state index in [0.717, 1.165) is 9.88 Å². The third-order valence-electron chi connectivity index (χ3n) is 1.83. The number of hydrogen-bond acceptors (Lipinski definition) is 4. The van der Waals surface area contributed by atoms with E-state index in [0.29, 0.717) is 12.5 Å². The van der Waals surface area contributed by atoms with E-state index in [9.17, 15) is 0 Å². The lowest BCUT2D eigenvalue weighted by Crippen LogP contribution is -2.02. The smallest absolute Gasteiger partial charge is 0.0979 e. The van der Waals surface area contributed by atoms with E-state index in [2.05, 4.69) is 11.9 Å². The highest BCUT2D eigenvalue weighted by Gasteiger charge is 2.11. The maximum atomic E-state index is 5.74. The number of rotatable bonds is 4. The Kier molecular flexibility index (Phi) is 3.84. The lowest BCUT2D eigenvalue weighted by Gasteiger charge is -2.05. The molecule has 0 aromatic carbocycles. The summed E-state index contributed by atoms with van der Waals surface area (Å²) >= 11 is 1.67. The summed E-state index contributed by atoms with van der Waals surface area (Å²) < 4.78 is 5.06. The molecule has 2 unspecified atom stereocenters. The molecule has 0 aliphatic heterocycles. The van der Waals surface area contributed by atoms with Crippen LogP contribution in [0.15, 0.2) is 6.20 Å². The quantitative estimate of drug-likeness (QED) is 0.807. The van der Waals surface area contributed by atoms with E-state index < -0.39 is 0 Å². The van der Waals surface area contributed by atoms with Gasteiger partial charge in [-0.15, -0.1) is 11.3 Å². The molecular formula is C9H16N2OS. The molecule has 0 bridgehead atoms. The summed E-state index contributed by atoms with van der Waals surface area (Å²) in [4.78, 5) is 5.45. The molecule has 74 valence electrons. The molecule has 0 saturated carbocycles. The molecule has 0 fully saturated rings. The monoisotopic (exact) mass is 200 g/mol. The second-order valence-corrected chi connectivity index (χ2v) is 4.34. The van der Waals surface area contributed by atoms with Crippen LogP contribution in [0.1, 0.15) is 35.7 Å². The van der Waals surface area contributed by atoms with Gasteiger partial charge < -0.3 is 10.5 Å². The molecule has 0 spiro atoms. The van der Waals surface area contributed by atoms with Gasteiger partial charge >= 0.3 is 0 Å². The van der Waals surface area contributed by atoms with Gasteiger partial charge in [0, 0.05) is 30.1 Å².